The molecule has 1 atom stereocenters. The number of pyridine rings is 1. The van der Waals surface area contributed by atoms with Gasteiger partial charge < -0.3 is 11.1 Å². The lowest BCUT2D eigenvalue weighted by Crippen LogP contribution is -2.45. The van der Waals surface area contributed by atoms with Gasteiger partial charge in [0, 0.05) is 18.8 Å². The van der Waals surface area contributed by atoms with E-state index in [2.05, 4.69) is 10.3 Å². The van der Waals surface area contributed by atoms with Crippen LogP contribution in [0.25, 0.3) is 0 Å². The number of nitro groups is 1. The summed E-state index contributed by atoms with van der Waals surface area (Å²) in [7, 11) is 0. The van der Waals surface area contributed by atoms with E-state index < -0.39 is 4.92 Å². The van der Waals surface area contributed by atoms with Crippen LogP contribution in [0.15, 0.2) is 12.3 Å². The summed E-state index contributed by atoms with van der Waals surface area (Å²) in [6, 6.07) is 1.29. The second-order valence-corrected chi connectivity index (χ2v) is 5.24. The highest BCUT2D eigenvalue weighted by Crippen LogP contribution is 2.41. The summed E-state index contributed by atoms with van der Waals surface area (Å²) < 4.78 is 0. The van der Waals surface area contributed by atoms with E-state index in [9.17, 15) is 10.1 Å². The van der Waals surface area contributed by atoms with Crippen molar-refractivity contribution in [2.45, 2.75) is 25.3 Å². The van der Waals surface area contributed by atoms with Crippen molar-refractivity contribution in [3.05, 3.63) is 27.4 Å². The Kier molecular flexibility index (Phi) is 3.41. The van der Waals surface area contributed by atoms with Crippen LogP contribution in [0.3, 0.4) is 0 Å². The van der Waals surface area contributed by atoms with Gasteiger partial charge in [0.05, 0.1) is 15.5 Å². The maximum Gasteiger partial charge on any atom is 0.312 e. The van der Waals surface area contributed by atoms with Crippen LogP contribution in [0.5, 0.6) is 0 Å². The van der Waals surface area contributed by atoms with Gasteiger partial charge in [-0.3, -0.25) is 10.1 Å². The van der Waals surface area contributed by atoms with Crippen molar-refractivity contribution in [1.29, 1.82) is 0 Å². The maximum atomic E-state index is 11.0. The van der Waals surface area contributed by atoms with Gasteiger partial charge in [-0.15, -0.1) is 0 Å². The van der Waals surface area contributed by atoms with Crippen LogP contribution in [0.1, 0.15) is 19.8 Å². The average molecular weight is 271 g/mol. The zero-order valence-electron chi connectivity index (χ0n) is 10.0. The Hall–Kier alpha value is -1.40. The second kappa shape index (κ2) is 4.70. The van der Waals surface area contributed by atoms with Gasteiger partial charge >= 0.3 is 5.69 Å². The molecule has 1 aliphatic carbocycles. The van der Waals surface area contributed by atoms with Gasteiger partial charge in [0.25, 0.3) is 0 Å². The molecule has 0 aliphatic heterocycles. The first kappa shape index (κ1) is 13.0. The first-order chi connectivity index (χ1) is 8.46. The fraction of sp³-hybridized carbons (Fsp3) is 0.545. The molecule has 0 bridgehead atoms. The van der Waals surface area contributed by atoms with E-state index in [1.807, 2.05) is 6.92 Å². The van der Waals surface area contributed by atoms with Crippen molar-refractivity contribution < 1.29 is 4.92 Å². The number of aromatic nitrogens is 1. The minimum Gasteiger partial charge on any atom is -0.358 e. The Balaban J connectivity index is 2.30. The molecule has 1 aromatic heterocycles. The molecule has 6 nitrogen and oxygen atoms in total. The summed E-state index contributed by atoms with van der Waals surface area (Å²) in [6.07, 6.45) is 3.56. The Morgan fingerprint density at radius 2 is 2.39 bits per heavy atom. The van der Waals surface area contributed by atoms with E-state index in [0.717, 1.165) is 12.8 Å². The second-order valence-electron chi connectivity index (χ2n) is 4.80. The molecule has 7 heteroatoms. The molecule has 18 heavy (non-hydrogen) atoms. The molecule has 1 unspecified atom stereocenters. The van der Waals surface area contributed by atoms with Gasteiger partial charge in [-0.2, -0.15) is 0 Å². The van der Waals surface area contributed by atoms with Gasteiger partial charge in [0.15, 0.2) is 0 Å². The predicted molar refractivity (Wildman–Crippen MR) is 69.7 cm³/mol. The number of anilines is 1. The lowest BCUT2D eigenvalue weighted by molar-refractivity contribution is -0.384. The summed E-state index contributed by atoms with van der Waals surface area (Å²) in [4.78, 5) is 14.5. The molecular weight excluding hydrogens is 256 g/mol. The van der Waals surface area contributed by atoms with Crippen LogP contribution in [0, 0.1) is 16.0 Å². The number of nitrogens with zero attached hydrogens (tertiary/aromatic N) is 2. The molecular formula is C11H15ClN4O2. The summed E-state index contributed by atoms with van der Waals surface area (Å²) in [5, 5.41) is 14.3. The van der Waals surface area contributed by atoms with E-state index in [1.54, 1.807) is 0 Å². The SMILES string of the molecule is CC(CN)(Nc1ncc(Cl)cc1[N+](=O)[O-])C1CC1. The van der Waals surface area contributed by atoms with Crippen molar-refractivity contribution in [2.75, 3.05) is 11.9 Å². The van der Waals surface area contributed by atoms with Crippen molar-refractivity contribution in [2.24, 2.45) is 11.7 Å². The Bertz CT molecular complexity index is 478. The third-order valence-electron chi connectivity index (χ3n) is 3.34. The Morgan fingerprint density at radius 3 is 2.89 bits per heavy atom. The maximum absolute atomic E-state index is 11.0. The van der Waals surface area contributed by atoms with E-state index in [4.69, 9.17) is 17.3 Å². The number of hydrogen-bond acceptors (Lipinski definition) is 5. The van der Waals surface area contributed by atoms with Crippen molar-refractivity contribution in [3.63, 3.8) is 0 Å². The molecule has 0 amide bonds. The minimum atomic E-state index is -0.495. The fourth-order valence-corrected chi connectivity index (χ4v) is 2.13. The van der Waals surface area contributed by atoms with Crippen LogP contribution in [0.4, 0.5) is 11.5 Å². The average Bonchev–Trinajstić information content (AvgIpc) is 3.15. The molecule has 1 aliphatic rings. The fourth-order valence-electron chi connectivity index (χ4n) is 1.97. The zero-order valence-corrected chi connectivity index (χ0v) is 10.8. The predicted octanol–water partition coefficient (Wildman–Crippen LogP) is 2.18. The number of rotatable bonds is 5. The largest absolute Gasteiger partial charge is 0.358 e. The third kappa shape index (κ3) is 2.54. The lowest BCUT2D eigenvalue weighted by atomic mass is 9.96. The molecule has 0 aromatic carbocycles. The van der Waals surface area contributed by atoms with Gasteiger partial charge in [0.1, 0.15) is 0 Å². The monoisotopic (exact) mass is 270 g/mol. The topological polar surface area (TPSA) is 94.1 Å². The van der Waals surface area contributed by atoms with Gasteiger partial charge in [-0.1, -0.05) is 11.6 Å². The van der Waals surface area contributed by atoms with Gasteiger partial charge in [0.2, 0.25) is 5.82 Å². The molecule has 0 radical (unpaired) electrons. The number of nitrogens with one attached hydrogen (secondary N) is 1. The first-order valence-corrected chi connectivity index (χ1v) is 6.12. The number of halogens is 1. The standard InChI is InChI=1S/C11H15ClN4O2/c1-11(6-13,7-2-3-7)15-10-9(16(17)18)4-8(12)5-14-10/h4-5,7H,2-3,6,13H2,1H3,(H,14,15). The minimum absolute atomic E-state index is 0.122. The Morgan fingerprint density at radius 1 is 1.72 bits per heavy atom. The smallest absolute Gasteiger partial charge is 0.312 e. The molecule has 0 saturated heterocycles. The molecule has 98 valence electrons. The van der Waals surface area contributed by atoms with Crippen molar-refractivity contribution in [3.8, 4) is 0 Å². The van der Waals surface area contributed by atoms with E-state index in [1.165, 1.54) is 12.3 Å². The molecule has 1 fully saturated rings. The highest BCUT2D eigenvalue weighted by atomic mass is 35.5. The summed E-state index contributed by atoms with van der Waals surface area (Å²) in [5.41, 5.74) is 5.29. The van der Waals surface area contributed by atoms with Crippen molar-refractivity contribution >= 4 is 23.1 Å². The quantitative estimate of drug-likeness (QED) is 0.632. The summed E-state index contributed by atoms with van der Waals surface area (Å²) >= 11 is 5.72. The molecule has 1 heterocycles. The van der Waals surface area contributed by atoms with Crippen LogP contribution < -0.4 is 11.1 Å². The van der Waals surface area contributed by atoms with Crippen molar-refractivity contribution in [1.82, 2.24) is 4.98 Å². The highest BCUT2D eigenvalue weighted by Gasteiger charge is 2.41. The Labute approximate surface area is 110 Å². The summed E-state index contributed by atoms with van der Waals surface area (Å²) in [6.45, 7) is 2.36. The number of hydrogen-bond donors (Lipinski definition) is 2. The van der Waals surface area contributed by atoms with E-state index >= 15 is 0 Å². The number of nitrogens with two attached hydrogens (primary N) is 1. The summed E-state index contributed by atoms with van der Waals surface area (Å²) in [5.74, 6) is 0.670. The van der Waals surface area contributed by atoms with Gasteiger partial charge in [-0.25, -0.2) is 4.98 Å². The molecule has 3 N–H and O–H groups in total. The highest BCUT2D eigenvalue weighted by molar-refractivity contribution is 6.30. The lowest BCUT2D eigenvalue weighted by Gasteiger charge is -2.29. The molecule has 1 saturated carbocycles. The first-order valence-electron chi connectivity index (χ1n) is 5.74. The zero-order chi connectivity index (χ0) is 13.3. The molecule has 2 rings (SSSR count). The van der Waals surface area contributed by atoms with Gasteiger partial charge in [-0.05, 0) is 25.7 Å². The normalized spacial score (nSPS) is 18.2. The van der Waals surface area contributed by atoms with Crippen LogP contribution in [-0.2, 0) is 0 Å². The van der Waals surface area contributed by atoms with E-state index in [0.29, 0.717) is 12.5 Å². The van der Waals surface area contributed by atoms with E-state index in [-0.39, 0.29) is 22.1 Å². The van der Waals surface area contributed by atoms with Crippen LogP contribution >= 0.6 is 11.6 Å². The molecule has 0 spiro atoms. The molecule has 1 aromatic rings. The van der Waals surface area contributed by atoms with Crippen LogP contribution in [-0.4, -0.2) is 22.0 Å². The third-order valence-corrected chi connectivity index (χ3v) is 3.54. The van der Waals surface area contributed by atoms with Crippen LogP contribution in [0.2, 0.25) is 5.02 Å².